The van der Waals surface area contributed by atoms with Crippen LogP contribution in [0.25, 0.3) is 5.82 Å². The van der Waals surface area contributed by atoms with Crippen molar-refractivity contribution >= 4 is 11.6 Å². The van der Waals surface area contributed by atoms with E-state index in [1.54, 1.807) is 16.8 Å². The van der Waals surface area contributed by atoms with Crippen LogP contribution < -0.4 is 0 Å². The van der Waals surface area contributed by atoms with Crippen LogP contribution in [0.3, 0.4) is 0 Å². The fourth-order valence-corrected chi connectivity index (χ4v) is 1.20. The monoisotopic (exact) mass is 208 g/mol. The van der Waals surface area contributed by atoms with Crippen LogP contribution in [-0.2, 0) is 6.42 Å². The van der Waals surface area contributed by atoms with E-state index in [-0.39, 0.29) is 0 Å². The van der Waals surface area contributed by atoms with E-state index in [9.17, 15) is 0 Å². The van der Waals surface area contributed by atoms with Crippen molar-refractivity contribution in [2.24, 2.45) is 0 Å². The Kier molecular flexibility index (Phi) is 2.45. The standard InChI is InChI=1S/C9H9ClN4/c1-2-7-5-11-14(6-7)9-4-3-8(10)12-13-9/h3-6H,2H2,1H3. The SMILES string of the molecule is CCc1cnn(-c2ccc(Cl)nn2)c1. The number of rotatable bonds is 2. The minimum absolute atomic E-state index is 0.386. The summed E-state index contributed by atoms with van der Waals surface area (Å²) < 4.78 is 1.68. The molecule has 0 unspecified atom stereocenters. The van der Waals surface area contributed by atoms with E-state index >= 15 is 0 Å². The van der Waals surface area contributed by atoms with E-state index < -0.39 is 0 Å². The largest absolute Gasteiger partial charge is 0.221 e. The van der Waals surface area contributed by atoms with Gasteiger partial charge in [-0.05, 0) is 24.1 Å². The third kappa shape index (κ3) is 1.75. The van der Waals surface area contributed by atoms with Crippen molar-refractivity contribution in [3.8, 4) is 5.82 Å². The van der Waals surface area contributed by atoms with Crippen molar-refractivity contribution < 1.29 is 0 Å². The Labute approximate surface area is 86.5 Å². The number of hydrogen-bond donors (Lipinski definition) is 0. The van der Waals surface area contributed by atoms with Crippen molar-refractivity contribution in [1.82, 2.24) is 20.0 Å². The maximum Gasteiger partial charge on any atom is 0.175 e. The molecule has 0 bridgehead atoms. The highest BCUT2D eigenvalue weighted by atomic mass is 35.5. The molecule has 2 heterocycles. The van der Waals surface area contributed by atoms with E-state index in [2.05, 4.69) is 22.2 Å². The summed E-state index contributed by atoms with van der Waals surface area (Å²) in [6.07, 6.45) is 4.70. The zero-order valence-corrected chi connectivity index (χ0v) is 8.44. The average molecular weight is 209 g/mol. The second-order valence-corrected chi connectivity index (χ2v) is 3.25. The maximum atomic E-state index is 5.63. The van der Waals surface area contributed by atoms with E-state index in [0.717, 1.165) is 6.42 Å². The van der Waals surface area contributed by atoms with E-state index in [4.69, 9.17) is 11.6 Å². The molecule has 0 spiro atoms. The zero-order chi connectivity index (χ0) is 9.97. The Balaban J connectivity index is 2.34. The zero-order valence-electron chi connectivity index (χ0n) is 7.68. The molecule has 0 aromatic carbocycles. The van der Waals surface area contributed by atoms with Gasteiger partial charge in [-0.3, -0.25) is 0 Å². The normalized spacial score (nSPS) is 10.4. The van der Waals surface area contributed by atoms with Crippen LogP contribution in [0.2, 0.25) is 5.15 Å². The highest BCUT2D eigenvalue weighted by Crippen LogP contribution is 2.07. The van der Waals surface area contributed by atoms with Gasteiger partial charge in [-0.1, -0.05) is 18.5 Å². The number of halogens is 1. The summed E-state index contributed by atoms with van der Waals surface area (Å²) in [5, 5.41) is 12.2. The molecule has 0 saturated carbocycles. The molecule has 2 aromatic rings. The lowest BCUT2D eigenvalue weighted by Crippen LogP contribution is -1.98. The van der Waals surface area contributed by atoms with Crippen LogP contribution in [0.1, 0.15) is 12.5 Å². The molecule has 0 saturated heterocycles. The topological polar surface area (TPSA) is 43.6 Å². The molecule has 0 aliphatic carbocycles. The Bertz CT molecular complexity index is 421. The molecule has 14 heavy (non-hydrogen) atoms. The molecule has 0 aliphatic heterocycles. The van der Waals surface area contributed by atoms with Crippen LogP contribution in [-0.4, -0.2) is 20.0 Å². The van der Waals surface area contributed by atoms with Crippen LogP contribution >= 0.6 is 11.6 Å². The summed E-state index contributed by atoms with van der Waals surface area (Å²) in [5.74, 6) is 0.675. The van der Waals surface area contributed by atoms with Gasteiger partial charge < -0.3 is 0 Å². The maximum absolute atomic E-state index is 5.63. The van der Waals surface area contributed by atoms with E-state index in [1.807, 2.05) is 12.4 Å². The summed E-state index contributed by atoms with van der Waals surface area (Å²) >= 11 is 5.63. The van der Waals surface area contributed by atoms with Crippen LogP contribution in [0.5, 0.6) is 0 Å². The lowest BCUT2D eigenvalue weighted by molar-refractivity contribution is 0.814. The van der Waals surface area contributed by atoms with Gasteiger partial charge in [0.05, 0.1) is 6.20 Å². The third-order valence-electron chi connectivity index (χ3n) is 1.90. The number of nitrogens with zero attached hydrogens (tertiary/aromatic N) is 4. The van der Waals surface area contributed by atoms with Gasteiger partial charge in [0.25, 0.3) is 0 Å². The summed E-state index contributed by atoms with van der Waals surface area (Å²) in [5.41, 5.74) is 1.17. The fourth-order valence-electron chi connectivity index (χ4n) is 1.10. The van der Waals surface area contributed by atoms with Crippen LogP contribution in [0, 0.1) is 0 Å². The molecule has 0 N–H and O–H groups in total. The quantitative estimate of drug-likeness (QED) is 0.757. The Morgan fingerprint density at radius 3 is 2.79 bits per heavy atom. The highest BCUT2D eigenvalue weighted by Gasteiger charge is 2.00. The molecule has 4 nitrogen and oxygen atoms in total. The minimum Gasteiger partial charge on any atom is -0.221 e. The molecule has 0 amide bonds. The number of hydrogen-bond acceptors (Lipinski definition) is 3. The van der Waals surface area contributed by atoms with Gasteiger partial charge in [0.1, 0.15) is 0 Å². The smallest absolute Gasteiger partial charge is 0.175 e. The molecule has 0 radical (unpaired) electrons. The summed E-state index contributed by atoms with van der Waals surface area (Å²) in [7, 11) is 0. The number of aromatic nitrogens is 4. The molecule has 2 aromatic heterocycles. The van der Waals surface area contributed by atoms with Crippen LogP contribution in [0.15, 0.2) is 24.5 Å². The van der Waals surface area contributed by atoms with Gasteiger partial charge in [-0.25, -0.2) is 4.68 Å². The first-order valence-electron chi connectivity index (χ1n) is 4.32. The lowest BCUT2D eigenvalue weighted by Gasteiger charge is -1.97. The van der Waals surface area contributed by atoms with Crippen molar-refractivity contribution in [2.45, 2.75) is 13.3 Å². The molecule has 72 valence electrons. The van der Waals surface area contributed by atoms with Crippen molar-refractivity contribution in [3.63, 3.8) is 0 Å². The Morgan fingerprint density at radius 2 is 2.21 bits per heavy atom. The van der Waals surface area contributed by atoms with Crippen molar-refractivity contribution in [3.05, 3.63) is 35.2 Å². The van der Waals surface area contributed by atoms with Crippen molar-refractivity contribution in [1.29, 1.82) is 0 Å². The first-order chi connectivity index (χ1) is 6.79. The second-order valence-electron chi connectivity index (χ2n) is 2.86. The van der Waals surface area contributed by atoms with Gasteiger partial charge in [0.2, 0.25) is 0 Å². The van der Waals surface area contributed by atoms with Gasteiger partial charge in [0, 0.05) is 6.20 Å². The molecule has 0 aliphatic rings. The molecule has 2 rings (SSSR count). The molecule has 5 heteroatoms. The average Bonchev–Trinajstić information content (AvgIpc) is 2.67. The van der Waals surface area contributed by atoms with E-state index in [0.29, 0.717) is 11.0 Å². The predicted molar refractivity (Wildman–Crippen MR) is 53.5 cm³/mol. The van der Waals surface area contributed by atoms with Crippen LogP contribution in [0.4, 0.5) is 0 Å². The van der Waals surface area contributed by atoms with E-state index in [1.165, 1.54) is 5.56 Å². The summed E-state index contributed by atoms with van der Waals surface area (Å²) in [6.45, 7) is 2.08. The molecular formula is C9H9ClN4. The predicted octanol–water partition coefficient (Wildman–Crippen LogP) is 1.88. The Morgan fingerprint density at radius 1 is 1.36 bits per heavy atom. The first kappa shape index (κ1) is 9.15. The highest BCUT2D eigenvalue weighted by molar-refractivity contribution is 6.29. The summed E-state index contributed by atoms with van der Waals surface area (Å²) in [6, 6.07) is 3.47. The third-order valence-corrected chi connectivity index (χ3v) is 2.10. The van der Waals surface area contributed by atoms with Crippen molar-refractivity contribution in [2.75, 3.05) is 0 Å². The minimum atomic E-state index is 0.386. The second kappa shape index (κ2) is 3.75. The van der Waals surface area contributed by atoms with Gasteiger partial charge in [0.15, 0.2) is 11.0 Å². The lowest BCUT2D eigenvalue weighted by atomic mass is 10.3. The summed E-state index contributed by atoms with van der Waals surface area (Å²) in [4.78, 5) is 0. The molecule has 0 atom stereocenters. The first-order valence-corrected chi connectivity index (χ1v) is 4.70. The molecule has 0 fully saturated rings. The molecular weight excluding hydrogens is 200 g/mol. The Hall–Kier alpha value is -1.42. The fraction of sp³-hybridized carbons (Fsp3) is 0.222. The van der Waals surface area contributed by atoms with Gasteiger partial charge in [-0.15, -0.1) is 10.2 Å². The number of aryl methyl sites for hydroxylation is 1. The van der Waals surface area contributed by atoms with Gasteiger partial charge in [-0.2, -0.15) is 5.10 Å². The van der Waals surface area contributed by atoms with Gasteiger partial charge >= 0.3 is 0 Å².